The van der Waals surface area contributed by atoms with E-state index in [1.165, 1.54) is 0 Å². The van der Waals surface area contributed by atoms with E-state index in [4.69, 9.17) is 9.84 Å². The van der Waals surface area contributed by atoms with Crippen LogP contribution in [0.25, 0.3) is 0 Å². The number of hydrogen-bond donors (Lipinski definition) is 1. The van der Waals surface area contributed by atoms with E-state index < -0.39 is 0 Å². The molecule has 90 valence electrons. The van der Waals surface area contributed by atoms with Gasteiger partial charge in [0.1, 0.15) is 0 Å². The molecule has 3 heteroatoms. The molecule has 1 N–H and O–H groups in total. The Hall–Kier alpha value is -0.570. The summed E-state index contributed by atoms with van der Waals surface area (Å²) in [5, 5.41) is 8.54. The van der Waals surface area contributed by atoms with E-state index in [0.717, 1.165) is 32.1 Å². The molecule has 0 radical (unpaired) electrons. The number of aliphatic hydroxyl groups is 1. The predicted molar refractivity (Wildman–Crippen MR) is 60.6 cm³/mol. The van der Waals surface area contributed by atoms with Crippen LogP contribution in [-0.4, -0.2) is 24.3 Å². The molecule has 3 nitrogen and oxygen atoms in total. The minimum atomic E-state index is -0.0837. The third-order valence-corrected chi connectivity index (χ3v) is 2.23. The van der Waals surface area contributed by atoms with E-state index in [1.807, 2.05) is 0 Å². The molecule has 0 heterocycles. The summed E-state index contributed by atoms with van der Waals surface area (Å²) in [6.45, 7) is 5.03. The highest BCUT2D eigenvalue weighted by molar-refractivity contribution is 5.69. The Morgan fingerprint density at radius 2 is 1.93 bits per heavy atom. The van der Waals surface area contributed by atoms with Crippen molar-refractivity contribution in [2.75, 3.05) is 13.2 Å². The number of esters is 1. The molecule has 0 aromatic carbocycles. The van der Waals surface area contributed by atoms with Crippen LogP contribution < -0.4 is 0 Å². The average Bonchev–Trinajstić information content (AvgIpc) is 2.17. The number of hydrogen-bond acceptors (Lipinski definition) is 3. The number of ether oxygens (including phenoxy) is 1. The number of aliphatic hydroxyl groups excluding tert-OH is 1. The van der Waals surface area contributed by atoms with Gasteiger partial charge in [0, 0.05) is 13.0 Å². The lowest BCUT2D eigenvalue weighted by Crippen LogP contribution is -2.06. The van der Waals surface area contributed by atoms with E-state index in [-0.39, 0.29) is 12.6 Å². The van der Waals surface area contributed by atoms with Gasteiger partial charge in [-0.25, -0.2) is 0 Å². The highest BCUT2D eigenvalue weighted by atomic mass is 16.5. The number of unbranched alkanes of at least 4 members (excludes halogenated alkanes) is 2. The zero-order valence-electron chi connectivity index (χ0n) is 10.00. The summed E-state index contributed by atoms with van der Waals surface area (Å²) < 4.78 is 5.05. The predicted octanol–water partition coefficient (Wildman–Crippen LogP) is 2.52. The largest absolute Gasteiger partial charge is 0.466 e. The molecule has 0 fully saturated rings. The van der Waals surface area contributed by atoms with E-state index in [2.05, 4.69) is 13.8 Å². The van der Waals surface area contributed by atoms with Gasteiger partial charge < -0.3 is 9.84 Å². The SMILES string of the molecule is CC(C)CCCC(=O)OCCCCCO. The van der Waals surface area contributed by atoms with E-state index in [1.54, 1.807) is 0 Å². The Kier molecular flexibility index (Phi) is 9.59. The summed E-state index contributed by atoms with van der Waals surface area (Å²) in [7, 11) is 0. The summed E-state index contributed by atoms with van der Waals surface area (Å²) >= 11 is 0. The zero-order chi connectivity index (χ0) is 11.5. The van der Waals surface area contributed by atoms with Gasteiger partial charge in [-0.1, -0.05) is 20.3 Å². The van der Waals surface area contributed by atoms with Crippen LogP contribution in [0.5, 0.6) is 0 Å². The fourth-order valence-electron chi connectivity index (χ4n) is 1.30. The van der Waals surface area contributed by atoms with E-state index in [0.29, 0.717) is 18.9 Å². The number of carbonyl (C=O) groups is 1. The highest BCUT2D eigenvalue weighted by Crippen LogP contribution is 2.07. The Labute approximate surface area is 92.8 Å². The molecule has 0 aliphatic carbocycles. The van der Waals surface area contributed by atoms with Crippen molar-refractivity contribution in [1.29, 1.82) is 0 Å². The lowest BCUT2D eigenvalue weighted by atomic mass is 10.1. The van der Waals surface area contributed by atoms with E-state index >= 15 is 0 Å². The molecule has 0 unspecified atom stereocenters. The van der Waals surface area contributed by atoms with Gasteiger partial charge in [-0.2, -0.15) is 0 Å². The molecule has 0 saturated heterocycles. The topological polar surface area (TPSA) is 46.5 Å². The smallest absolute Gasteiger partial charge is 0.305 e. The van der Waals surface area contributed by atoms with Gasteiger partial charge in [-0.15, -0.1) is 0 Å². The maximum atomic E-state index is 11.2. The fourth-order valence-corrected chi connectivity index (χ4v) is 1.30. The van der Waals surface area contributed by atoms with Crippen molar-refractivity contribution in [1.82, 2.24) is 0 Å². The molecule has 0 rings (SSSR count). The first kappa shape index (κ1) is 14.4. The first-order chi connectivity index (χ1) is 7.16. The summed E-state index contributed by atoms with van der Waals surface area (Å²) in [4.78, 5) is 11.2. The van der Waals surface area contributed by atoms with Gasteiger partial charge in [0.2, 0.25) is 0 Å². The Morgan fingerprint density at radius 3 is 2.53 bits per heavy atom. The lowest BCUT2D eigenvalue weighted by molar-refractivity contribution is -0.143. The standard InChI is InChI=1S/C12H24O3/c1-11(2)7-6-8-12(14)15-10-5-3-4-9-13/h11,13H,3-10H2,1-2H3. The van der Waals surface area contributed by atoms with Crippen molar-refractivity contribution in [3.8, 4) is 0 Å². The minimum absolute atomic E-state index is 0.0837. The van der Waals surface area contributed by atoms with Crippen LogP contribution >= 0.6 is 0 Å². The molecule has 0 spiro atoms. The van der Waals surface area contributed by atoms with Crippen molar-refractivity contribution in [2.24, 2.45) is 5.92 Å². The summed E-state index contributed by atoms with van der Waals surface area (Å²) in [6, 6.07) is 0. The summed E-state index contributed by atoms with van der Waals surface area (Å²) in [5.41, 5.74) is 0. The van der Waals surface area contributed by atoms with Gasteiger partial charge in [0.15, 0.2) is 0 Å². The monoisotopic (exact) mass is 216 g/mol. The second-order valence-electron chi connectivity index (χ2n) is 4.29. The molecular formula is C12H24O3. The summed E-state index contributed by atoms with van der Waals surface area (Å²) in [6.07, 6.45) is 5.13. The maximum absolute atomic E-state index is 11.2. The van der Waals surface area contributed by atoms with Crippen LogP contribution in [0.15, 0.2) is 0 Å². The molecule has 0 bridgehead atoms. The summed E-state index contributed by atoms with van der Waals surface area (Å²) in [5.74, 6) is 0.571. The zero-order valence-corrected chi connectivity index (χ0v) is 10.00. The van der Waals surface area contributed by atoms with Gasteiger partial charge >= 0.3 is 5.97 Å². The molecule has 0 amide bonds. The number of rotatable bonds is 9. The third kappa shape index (κ3) is 11.4. The third-order valence-electron chi connectivity index (χ3n) is 2.23. The Bertz CT molecular complexity index is 155. The molecule has 0 aliphatic heterocycles. The van der Waals surface area contributed by atoms with Crippen molar-refractivity contribution in [2.45, 2.75) is 52.4 Å². The Balaban J connectivity index is 3.19. The molecule has 0 aromatic heterocycles. The molecule has 0 atom stereocenters. The van der Waals surface area contributed by atoms with Crippen LogP contribution in [0.1, 0.15) is 52.4 Å². The lowest BCUT2D eigenvalue weighted by Gasteiger charge is -2.05. The van der Waals surface area contributed by atoms with Crippen LogP contribution in [0.3, 0.4) is 0 Å². The van der Waals surface area contributed by atoms with Crippen LogP contribution in [0, 0.1) is 5.92 Å². The molecule has 0 aromatic rings. The van der Waals surface area contributed by atoms with Crippen molar-refractivity contribution in [3.05, 3.63) is 0 Å². The molecule has 15 heavy (non-hydrogen) atoms. The minimum Gasteiger partial charge on any atom is -0.466 e. The van der Waals surface area contributed by atoms with Crippen LogP contribution in [0.4, 0.5) is 0 Å². The second-order valence-corrected chi connectivity index (χ2v) is 4.29. The van der Waals surface area contributed by atoms with Gasteiger partial charge in [0.25, 0.3) is 0 Å². The van der Waals surface area contributed by atoms with Crippen molar-refractivity contribution in [3.63, 3.8) is 0 Å². The van der Waals surface area contributed by atoms with Gasteiger partial charge in [-0.05, 0) is 31.6 Å². The Morgan fingerprint density at radius 1 is 1.20 bits per heavy atom. The van der Waals surface area contributed by atoms with Gasteiger partial charge in [-0.3, -0.25) is 4.79 Å². The highest BCUT2D eigenvalue weighted by Gasteiger charge is 2.03. The molecule has 0 saturated carbocycles. The second kappa shape index (κ2) is 9.97. The molecular weight excluding hydrogens is 192 g/mol. The normalized spacial score (nSPS) is 10.7. The fraction of sp³-hybridized carbons (Fsp3) is 0.917. The molecule has 0 aliphatic rings. The van der Waals surface area contributed by atoms with Crippen LogP contribution in [0.2, 0.25) is 0 Å². The number of carbonyl (C=O) groups excluding carboxylic acids is 1. The first-order valence-corrected chi connectivity index (χ1v) is 5.93. The first-order valence-electron chi connectivity index (χ1n) is 5.93. The van der Waals surface area contributed by atoms with Crippen LogP contribution in [-0.2, 0) is 9.53 Å². The maximum Gasteiger partial charge on any atom is 0.305 e. The van der Waals surface area contributed by atoms with Crippen molar-refractivity contribution < 1.29 is 14.6 Å². The average molecular weight is 216 g/mol. The van der Waals surface area contributed by atoms with Gasteiger partial charge in [0.05, 0.1) is 6.61 Å². The quantitative estimate of drug-likeness (QED) is 0.476. The van der Waals surface area contributed by atoms with Crippen molar-refractivity contribution >= 4 is 5.97 Å². The van der Waals surface area contributed by atoms with E-state index in [9.17, 15) is 4.79 Å².